The van der Waals surface area contributed by atoms with Crippen molar-refractivity contribution in [1.82, 2.24) is 9.80 Å². The fraction of sp³-hybridized carbons (Fsp3) is 0.591. The third kappa shape index (κ3) is 5.85. The molecule has 166 valence electrons. The van der Waals surface area contributed by atoms with E-state index in [2.05, 4.69) is 16.5 Å². The molecule has 3 aliphatic rings. The van der Waals surface area contributed by atoms with Gasteiger partial charge in [-0.1, -0.05) is 6.58 Å². The van der Waals surface area contributed by atoms with Crippen molar-refractivity contribution < 1.29 is 18.3 Å². The zero-order chi connectivity index (χ0) is 21.7. The number of benzene rings is 1. The maximum Gasteiger partial charge on any atom is 0.129 e. The van der Waals surface area contributed by atoms with E-state index >= 15 is 0 Å². The minimum Gasteiger partial charge on any atom is -0.381 e. The highest BCUT2D eigenvalue weighted by atomic mass is 19.1. The molecule has 0 saturated carbocycles. The van der Waals surface area contributed by atoms with Crippen molar-refractivity contribution in [3.05, 3.63) is 47.7 Å². The third-order valence-electron chi connectivity index (χ3n) is 5.66. The van der Waals surface area contributed by atoms with E-state index in [1.54, 1.807) is 0 Å². The zero-order valence-electron chi connectivity index (χ0n) is 17.8. The fourth-order valence-electron chi connectivity index (χ4n) is 3.92. The molecular formula is C22H32F2N4O2. The fourth-order valence-corrected chi connectivity index (χ4v) is 3.92. The van der Waals surface area contributed by atoms with E-state index in [9.17, 15) is 8.78 Å². The molecule has 0 aromatic heterocycles. The van der Waals surface area contributed by atoms with Gasteiger partial charge in [-0.3, -0.25) is 4.90 Å². The van der Waals surface area contributed by atoms with Crippen molar-refractivity contribution in [3.63, 3.8) is 0 Å². The molecule has 0 aliphatic carbocycles. The number of halogens is 2. The van der Waals surface area contributed by atoms with Crippen molar-refractivity contribution in [1.29, 1.82) is 0 Å². The lowest BCUT2D eigenvalue weighted by atomic mass is 9.93. The summed E-state index contributed by atoms with van der Waals surface area (Å²) in [4.78, 5) is 8.70. The molecule has 2 N–H and O–H groups in total. The van der Waals surface area contributed by atoms with E-state index in [0.717, 1.165) is 36.9 Å². The molecular weight excluding hydrogens is 390 g/mol. The Kier molecular flexibility index (Phi) is 7.93. The van der Waals surface area contributed by atoms with Gasteiger partial charge in [0.15, 0.2) is 0 Å². The van der Waals surface area contributed by atoms with Crippen LogP contribution in [0.15, 0.2) is 35.5 Å². The zero-order valence-corrected chi connectivity index (χ0v) is 17.8. The molecule has 3 atom stereocenters. The summed E-state index contributed by atoms with van der Waals surface area (Å²) in [6, 6.07) is 3.03. The van der Waals surface area contributed by atoms with Crippen molar-refractivity contribution in [2.45, 2.75) is 44.4 Å². The van der Waals surface area contributed by atoms with Crippen LogP contribution in [0.2, 0.25) is 0 Å². The third-order valence-corrected chi connectivity index (χ3v) is 5.66. The second kappa shape index (κ2) is 10.4. The molecule has 0 spiro atoms. The van der Waals surface area contributed by atoms with Crippen LogP contribution in [0, 0.1) is 11.6 Å². The van der Waals surface area contributed by atoms with Gasteiger partial charge < -0.3 is 20.1 Å². The Morgan fingerprint density at radius 1 is 1.23 bits per heavy atom. The van der Waals surface area contributed by atoms with Gasteiger partial charge in [-0.2, -0.15) is 0 Å². The molecule has 0 amide bonds. The van der Waals surface area contributed by atoms with Crippen LogP contribution < -0.4 is 5.73 Å². The summed E-state index contributed by atoms with van der Waals surface area (Å²) in [5.74, 6) is -0.0761. The monoisotopic (exact) mass is 422 g/mol. The van der Waals surface area contributed by atoms with Crippen molar-refractivity contribution in [3.8, 4) is 0 Å². The summed E-state index contributed by atoms with van der Waals surface area (Å²) in [5.41, 5.74) is 7.23. The minimum absolute atomic E-state index is 0.0724. The minimum atomic E-state index is -0.641. The Bertz CT molecular complexity index is 762. The summed E-state index contributed by atoms with van der Waals surface area (Å²) >= 11 is 0. The molecule has 30 heavy (non-hydrogen) atoms. The average molecular weight is 423 g/mol. The van der Waals surface area contributed by atoms with E-state index < -0.39 is 23.8 Å². The molecule has 2 unspecified atom stereocenters. The van der Waals surface area contributed by atoms with Crippen LogP contribution in [0.5, 0.6) is 0 Å². The predicted molar refractivity (Wildman–Crippen MR) is 113 cm³/mol. The highest BCUT2D eigenvalue weighted by Gasteiger charge is 2.35. The molecule has 4 rings (SSSR count). The topological polar surface area (TPSA) is 63.3 Å². The highest BCUT2D eigenvalue weighted by molar-refractivity contribution is 5.80. The van der Waals surface area contributed by atoms with Gasteiger partial charge >= 0.3 is 0 Å². The molecule has 1 aromatic carbocycles. The quantitative estimate of drug-likeness (QED) is 0.794. The number of nitrogens with zero attached hydrogens (tertiary/aromatic N) is 3. The van der Waals surface area contributed by atoms with E-state index in [1.807, 2.05) is 18.9 Å². The van der Waals surface area contributed by atoms with Gasteiger partial charge in [0.1, 0.15) is 23.6 Å². The van der Waals surface area contributed by atoms with Crippen LogP contribution in [-0.2, 0) is 9.47 Å². The Morgan fingerprint density at radius 3 is 2.60 bits per heavy atom. The van der Waals surface area contributed by atoms with E-state index in [-0.39, 0.29) is 11.6 Å². The Hall–Kier alpha value is -1.87. The average Bonchev–Trinajstić information content (AvgIpc) is 3.26. The lowest BCUT2D eigenvalue weighted by Crippen LogP contribution is -2.52. The standard InChI is InChI=1S/C18H24F2N4O.C4H8O/c1-11-8-24(10-23(3)12(2)22-11)14-7-17(21)18(25-9-14)15-6-13(19)4-5-16(15)20;1-2-4-5-3-1/h4-6,14,17-18H,1,7-10,21H2,2-3H3;1-4H2/t14?,17?,18-;/m1./s1. The predicted octanol–water partition coefficient (Wildman–Crippen LogP) is 3.06. The lowest BCUT2D eigenvalue weighted by Gasteiger charge is -2.40. The maximum atomic E-state index is 14.0. The number of nitrogens with two attached hydrogens (primary N) is 1. The van der Waals surface area contributed by atoms with Crippen molar-refractivity contribution in [2.75, 3.05) is 40.1 Å². The second-order valence-corrected chi connectivity index (χ2v) is 8.10. The molecule has 1 aromatic rings. The first-order valence-corrected chi connectivity index (χ1v) is 10.4. The van der Waals surface area contributed by atoms with Crippen LogP contribution in [-0.4, -0.2) is 67.8 Å². The normalized spacial score (nSPS) is 27.9. The van der Waals surface area contributed by atoms with Crippen LogP contribution in [0.1, 0.15) is 37.9 Å². The number of rotatable bonds is 2. The summed E-state index contributed by atoms with van der Waals surface area (Å²) in [6.45, 7) is 9.65. The van der Waals surface area contributed by atoms with Crippen molar-refractivity contribution in [2.24, 2.45) is 10.7 Å². The Morgan fingerprint density at radius 2 is 1.97 bits per heavy atom. The highest BCUT2D eigenvalue weighted by Crippen LogP contribution is 2.31. The molecule has 0 radical (unpaired) electrons. The van der Waals surface area contributed by atoms with Gasteiger partial charge in [-0.05, 0) is 44.4 Å². The Labute approximate surface area is 177 Å². The van der Waals surface area contributed by atoms with E-state index in [0.29, 0.717) is 26.2 Å². The van der Waals surface area contributed by atoms with Gasteiger partial charge in [-0.25, -0.2) is 13.8 Å². The first-order valence-electron chi connectivity index (χ1n) is 10.4. The summed E-state index contributed by atoms with van der Waals surface area (Å²) in [5, 5.41) is 0. The molecule has 2 saturated heterocycles. The molecule has 0 bridgehead atoms. The smallest absolute Gasteiger partial charge is 0.129 e. The van der Waals surface area contributed by atoms with Gasteiger partial charge in [0.05, 0.1) is 13.3 Å². The number of ether oxygens (including phenoxy) is 2. The summed E-state index contributed by atoms with van der Waals surface area (Å²) in [6.07, 6.45) is 2.54. The summed E-state index contributed by atoms with van der Waals surface area (Å²) < 4.78 is 38.3. The summed E-state index contributed by atoms with van der Waals surface area (Å²) in [7, 11) is 1.97. The molecule has 8 heteroatoms. The van der Waals surface area contributed by atoms with Crippen LogP contribution in [0.3, 0.4) is 0 Å². The molecule has 6 nitrogen and oxygen atoms in total. The number of hydrogen-bond donors (Lipinski definition) is 1. The van der Waals surface area contributed by atoms with Gasteiger partial charge in [0.25, 0.3) is 0 Å². The van der Waals surface area contributed by atoms with Crippen LogP contribution in [0.4, 0.5) is 8.78 Å². The first kappa shape index (κ1) is 22.8. The van der Waals surface area contributed by atoms with Gasteiger partial charge in [0.2, 0.25) is 0 Å². The van der Waals surface area contributed by atoms with E-state index in [1.165, 1.54) is 18.9 Å². The van der Waals surface area contributed by atoms with Crippen LogP contribution >= 0.6 is 0 Å². The van der Waals surface area contributed by atoms with Crippen molar-refractivity contribution >= 4 is 5.84 Å². The molecule has 3 heterocycles. The van der Waals surface area contributed by atoms with E-state index in [4.69, 9.17) is 15.2 Å². The maximum absolute atomic E-state index is 14.0. The van der Waals surface area contributed by atoms with Crippen LogP contribution in [0.25, 0.3) is 0 Å². The molecule has 3 aliphatic heterocycles. The van der Waals surface area contributed by atoms with Gasteiger partial charge in [0, 0.05) is 50.2 Å². The number of amidine groups is 1. The largest absolute Gasteiger partial charge is 0.381 e. The SMILES string of the molecule is C1CCOC1.C=C1CN(C2CO[C@H](c3cc(F)ccc3F)C(N)C2)CN(C)C(C)=N1. The molecule has 2 fully saturated rings. The number of aliphatic imine (C=N–C) groups is 1. The van der Waals surface area contributed by atoms with Gasteiger partial charge in [-0.15, -0.1) is 0 Å². The Balaban J connectivity index is 0.000000448. The lowest BCUT2D eigenvalue weighted by molar-refractivity contribution is -0.0547. The number of hydrogen-bond acceptors (Lipinski definition) is 6. The first-order chi connectivity index (χ1) is 14.3. The second-order valence-electron chi connectivity index (χ2n) is 8.10.